The SMILES string of the molecule is CCCn1ncc(NC2CCCNC2=O)c(Cl)c1=O. The normalized spacial score (nSPS) is 19.1. The van der Waals surface area contributed by atoms with Gasteiger partial charge < -0.3 is 10.6 Å². The summed E-state index contributed by atoms with van der Waals surface area (Å²) < 4.78 is 1.33. The zero-order chi connectivity index (χ0) is 13.8. The molecule has 1 aromatic heterocycles. The van der Waals surface area contributed by atoms with Crippen molar-refractivity contribution in [2.24, 2.45) is 0 Å². The fourth-order valence-corrected chi connectivity index (χ4v) is 2.24. The van der Waals surface area contributed by atoms with Crippen LogP contribution in [0.2, 0.25) is 5.02 Å². The van der Waals surface area contributed by atoms with Gasteiger partial charge in [-0.15, -0.1) is 0 Å². The third kappa shape index (κ3) is 3.07. The van der Waals surface area contributed by atoms with Crippen molar-refractivity contribution in [3.05, 3.63) is 21.6 Å². The quantitative estimate of drug-likeness (QED) is 0.865. The van der Waals surface area contributed by atoms with Gasteiger partial charge in [0, 0.05) is 13.1 Å². The Kier molecular flexibility index (Phi) is 4.42. The number of carbonyl (C=O) groups excluding carboxylic acids is 1. The lowest BCUT2D eigenvalue weighted by atomic mass is 10.1. The van der Waals surface area contributed by atoms with Crippen LogP contribution >= 0.6 is 11.6 Å². The van der Waals surface area contributed by atoms with Gasteiger partial charge in [0.2, 0.25) is 5.91 Å². The van der Waals surface area contributed by atoms with Gasteiger partial charge in [-0.05, 0) is 19.3 Å². The minimum absolute atomic E-state index is 0.0694. The standard InChI is InChI=1S/C12H17ClN4O2/c1-2-6-17-12(19)10(13)9(7-15-17)16-8-4-3-5-14-11(8)18/h7-8,16H,2-6H2,1H3,(H,14,18). The number of aryl methyl sites for hydroxylation is 1. The van der Waals surface area contributed by atoms with E-state index in [9.17, 15) is 9.59 Å². The number of piperidine rings is 1. The zero-order valence-corrected chi connectivity index (χ0v) is 11.5. The predicted octanol–water partition coefficient (Wildman–Crippen LogP) is 0.997. The van der Waals surface area contributed by atoms with Gasteiger partial charge in [0.25, 0.3) is 5.56 Å². The molecule has 2 heterocycles. The molecule has 104 valence electrons. The summed E-state index contributed by atoms with van der Waals surface area (Å²) >= 11 is 6.03. The Hall–Kier alpha value is -1.56. The van der Waals surface area contributed by atoms with E-state index in [1.807, 2.05) is 6.92 Å². The van der Waals surface area contributed by atoms with Crippen LogP contribution in [0, 0.1) is 0 Å². The molecule has 1 atom stereocenters. The lowest BCUT2D eigenvalue weighted by molar-refractivity contribution is -0.123. The minimum Gasteiger partial charge on any atom is -0.371 e. The second-order valence-corrected chi connectivity index (χ2v) is 4.91. The van der Waals surface area contributed by atoms with E-state index >= 15 is 0 Å². The summed E-state index contributed by atoms with van der Waals surface area (Å²) in [5.74, 6) is -0.0694. The molecule has 0 bridgehead atoms. The van der Waals surface area contributed by atoms with Gasteiger partial charge >= 0.3 is 0 Å². The van der Waals surface area contributed by atoms with Crippen molar-refractivity contribution in [3.63, 3.8) is 0 Å². The maximum Gasteiger partial charge on any atom is 0.287 e. The Morgan fingerprint density at radius 2 is 2.37 bits per heavy atom. The third-order valence-electron chi connectivity index (χ3n) is 3.04. The Bertz CT molecular complexity index is 529. The van der Waals surface area contributed by atoms with Crippen LogP contribution in [-0.4, -0.2) is 28.3 Å². The van der Waals surface area contributed by atoms with Crippen molar-refractivity contribution >= 4 is 23.2 Å². The first kappa shape index (κ1) is 13.9. The van der Waals surface area contributed by atoms with E-state index in [2.05, 4.69) is 15.7 Å². The number of nitrogens with zero attached hydrogens (tertiary/aromatic N) is 2. The van der Waals surface area contributed by atoms with Crippen LogP contribution in [-0.2, 0) is 11.3 Å². The van der Waals surface area contributed by atoms with E-state index in [0.29, 0.717) is 18.8 Å². The number of hydrogen-bond acceptors (Lipinski definition) is 4. The maximum atomic E-state index is 11.9. The maximum absolute atomic E-state index is 11.9. The molecule has 7 heteroatoms. The number of hydrogen-bond donors (Lipinski definition) is 2. The zero-order valence-electron chi connectivity index (χ0n) is 10.8. The number of anilines is 1. The van der Waals surface area contributed by atoms with Gasteiger partial charge in [-0.25, -0.2) is 4.68 Å². The Balaban J connectivity index is 2.19. The second-order valence-electron chi connectivity index (χ2n) is 4.53. The monoisotopic (exact) mass is 284 g/mol. The number of rotatable bonds is 4. The lowest BCUT2D eigenvalue weighted by Gasteiger charge is -2.23. The molecular formula is C12H17ClN4O2. The van der Waals surface area contributed by atoms with E-state index < -0.39 is 0 Å². The van der Waals surface area contributed by atoms with Crippen LogP contribution in [0.3, 0.4) is 0 Å². The highest BCUT2D eigenvalue weighted by atomic mass is 35.5. The minimum atomic E-state index is -0.352. The van der Waals surface area contributed by atoms with E-state index in [4.69, 9.17) is 11.6 Å². The van der Waals surface area contributed by atoms with Crippen LogP contribution in [0.4, 0.5) is 5.69 Å². The molecule has 1 amide bonds. The fraction of sp³-hybridized carbons (Fsp3) is 0.583. The molecule has 1 aliphatic heterocycles. The van der Waals surface area contributed by atoms with Crippen molar-refractivity contribution in [1.29, 1.82) is 0 Å². The van der Waals surface area contributed by atoms with E-state index in [-0.39, 0.29) is 22.5 Å². The molecule has 0 aromatic carbocycles. The number of carbonyl (C=O) groups is 1. The van der Waals surface area contributed by atoms with Crippen molar-refractivity contribution in [3.8, 4) is 0 Å². The molecular weight excluding hydrogens is 268 g/mol. The molecule has 6 nitrogen and oxygen atoms in total. The summed E-state index contributed by atoms with van der Waals surface area (Å²) in [5, 5.41) is 9.89. The molecule has 0 radical (unpaired) electrons. The molecule has 0 spiro atoms. The summed E-state index contributed by atoms with van der Waals surface area (Å²) in [4.78, 5) is 23.6. The van der Waals surface area contributed by atoms with Crippen LogP contribution in [0.5, 0.6) is 0 Å². The van der Waals surface area contributed by atoms with Gasteiger partial charge in [0.1, 0.15) is 11.1 Å². The molecule has 0 saturated carbocycles. The van der Waals surface area contributed by atoms with Gasteiger partial charge in [0.15, 0.2) is 0 Å². The van der Waals surface area contributed by atoms with Gasteiger partial charge in [-0.1, -0.05) is 18.5 Å². The fourth-order valence-electron chi connectivity index (χ4n) is 2.03. The van der Waals surface area contributed by atoms with Crippen molar-refractivity contribution < 1.29 is 4.79 Å². The lowest BCUT2D eigenvalue weighted by Crippen LogP contribution is -2.44. The van der Waals surface area contributed by atoms with Gasteiger partial charge in [-0.3, -0.25) is 9.59 Å². The Morgan fingerprint density at radius 3 is 3.05 bits per heavy atom. The van der Waals surface area contributed by atoms with Gasteiger partial charge in [-0.2, -0.15) is 5.10 Å². The molecule has 1 saturated heterocycles. The molecule has 2 N–H and O–H groups in total. The van der Waals surface area contributed by atoms with Crippen molar-refractivity contribution in [2.75, 3.05) is 11.9 Å². The first-order valence-electron chi connectivity index (χ1n) is 6.43. The first-order chi connectivity index (χ1) is 9.13. The van der Waals surface area contributed by atoms with Gasteiger partial charge in [0.05, 0.1) is 11.9 Å². The summed E-state index contributed by atoms with van der Waals surface area (Å²) in [6, 6.07) is -0.352. The average Bonchev–Trinajstić information content (AvgIpc) is 2.41. The van der Waals surface area contributed by atoms with Crippen LogP contribution in [0.1, 0.15) is 26.2 Å². The average molecular weight is 285 g/mol. The Labute approximate surface area is 116 Å². The molecule has 1 aliphatic rings. The van der Waals surface area contributed by atoms with Crippen LogP contribution in [0.15, 0.2) is 11.0 Å². The summed E-state index contributed by atoms with van der Waals surface area (Å²) in [7, 11) is 0. The van der Waals surface area contributed by atoms with Crippen molar-refractivity contribution in [2.45, 2.75) is 38.8 Å². The first-order valence-corrected chi connectivity index (χ1v) is 6.81. The molecule has 0 aliphatic carbocycles. The predicted molar refractivity (Wildman–Crippen MR) is 73.5 cm³/mol. The number of amides is 1. The van der Waals surface area contributed by atoms with Crippen molar-refractivity contribution in [1.82, 2.24) is 15.1 Å². The number of halogens is 1. The summed E-state index contributed by atoms with van der Waals surface area (Å²) in [5.41, 5.74) is 0.0887. The molecule has 1 aromatic rings. The summed E-state index contributed by atoms with van der Waals surface area (Å²) in [6.07, 6.45) is 3.93. The smallest absolute Gasteiger partial charge is 0.287 e. The molecule has 19 heavy (non-hydrogen) atoms. The molecule has 1 unspecified atom stereocenters. The van der Waals surface area contributed by atoms with E-state index in [0.717, 1.165) is 19.3 Å². The second kappa shape index (κ2) is 6.06. The third-order valence-corrected chi connectivity index (χ3v) is 3.40. The highest BCUT2D eigenvalue weighted by Crippen LogP contribution is 2.18. The van der Waals surface area contributed by atoms with Crippen LogP contribution in [0.25, 0.3) is 0 Å². The largest absolute Gasteiger partial charge is 0.371 e. The van der Waals surface area contributed by atoms with E-state index in [1.54, 1.807) is 0 Å². The Morgan fingerprint density at radius 1 is 1.58 bits per heavy atom. The number of nitrogens with one attached hydrogen (secondary N) is 2. The summed E-state index contributed by atoms with van der Waals surface area (Å²) in [6.45, 7) is 3.18. The molecule has 2 rings (SSSR count). The van der Waals surface area contributed by atoms with E-state index in [1.165, 1.54) is 10.9 Å². The highest BCUT2D eigenvalue weighted by Gasteiger charge is 2.23. The highest BCUT2D eigenvalue weighted by molar-refractivity contribution is 6.33. The van der Waals surface area contributed by atoms with Crippen LogP contribution < -0.4 is 16.2 Å². The topological polar surface area (TPSA) is 76.0 Å². The molecule has 1 fully saturated rings. The number of aromatic nitrogens is 2.